The molecule has 2 aromatic rings. The van der Waals surface area contributed by atoms with E-state index in [-0.39, 0.29) is 17.6 Å². The van der Waals surface area contributed by atoms with Crippen LogP contribution in [-0.4, -0.2) is 32.7 Å². The highest BCUT2D eigenvalue weighted by atomic mass is 32.2. The molecule has 0 unspecified atom stereocenters. The van der Waals surface area contributed by atoms with Crippen molar-refractivity contribution in [2.24, 2.45) is 0 Å². The first-order valence-corrected chi connectivity index (χ1v) is 7.21. The van der Waals surface area contributed by atoms with Crippen LogP contribution >= 0.6 is 11.8 Å². The van der Waals surface area contributed by atoms with Crippen molar-refractivity contribution in [1.82, 2.24) is 15.2 Å². The van der Waals surface area contributed by atoms with Gasteiger partial charge < -0.3 is 10.6 Å². The largest absolute Gasteiger partial charge is 0.326 e. The zero-order valence-electron chi connectivity index (χ0n) is 11.6. The molecule has 0 fully saturated rings. The Hall–Kier alpha value is -2.35. The van der Waals surface area contributed by atoms with Crippen molar-refractivity contribution in [3.05, 3.63) is 30.1 Å². The number of nitrogens with one attached hydrogen (secondary N) is 3. The summed E-state index contributed by atoms with van der Waals surface area (Å²) in [6.45, 7) is 3.24. The van der Waals surface area contributed by atoms with Gasteiger partial charge in [0.05, 0.1) is 5.75 Å². The molecule has 2 rings (SSSR count). The first-order chi connectivity index (χ1) is 10.0. The van der Waals surface area contributed by atoms with Gasteiger partial charge in [-0.1, -0.05) is 11.8 Å². The van der Waals surface area contributed by atoms with E-state index in [4.69, 9.17) is 0 Å². The Morgan fingerprint density at radius 1 is 1.19 bits per heavy atom. The predicted molar refractivity (Wildman–Crippen MR) is 81.2 cm³/mol. The van der Waals surface area contributed by atoms with Gasteiger partial charge in [0.1, 0.15) is 5.82 Å². The van der Waals surface area contributed by atoms with Crippen LogP contribution in [0.2, 0.25) is 0 Å². The molecule has 1 heterocycles. The molecule has 0 spiro atoms. The monoisotopic (exact) mass is 305 g/mol. The topological polar surface area (TPSA) is 99.8 Å². The van der Waals surface area contributed by atoms with E-state index in [0.29, 0.717) is 22.4 Å². The van der Waals surface area contributed by atoms with Gasteiger partial charge in [0, 0.05) is 18.3 Å². The van der Waals surface area contributed by atoms with Crippen molar-refractivity contribution in [1.29, 1.82) is 0 Å². The normalized spacial score (nSPS) is 10.2. The third-order valence-corrected chi connectivity index (χ3v) is 3.25. The Bertz CT molecular complexity index is 638. The number of aromatic amines is 1. The van der Waals surface area contributed by atoms with Gasteiger partial charge in [0.2, 0.25) is 17.0 Å². The predicted octanol–water partition coefficient (Wildman–Crippen LogP) is 1.80. The second-order valence-corrected chi connectivity index (χ2v) is 5.24. The summed E-state index contributed by atoms with van der Waals surface area (Å²) in [5.41, 5.74) is 1.35. The van der Waals surface area contributed by atoms with Crippen molar-refractivity contribution < 1.29 is 9.59 Å². The second kappa shape index (κ2) is 6.89. The van der Waals surface area contributed by atoms with Crippen molar-refractivity contribution in [2.45, 2.75) is 19.0 Å². The number of hydrogen-bond acceptors (Lipinski definition) is 5. The Morgan fingerprint density at radius 3 is 2.33 bits per heavy atom. The lowest BCUT2D eigenvalue weighted by Gasteiger charge is -2.06. The number of benzene rings is 1. The summed E-state index contributed by atoms with van der Waals surface area (Å²) in [5.74, 6) is 0.663. The lowest BCUT2D eigenvalue weighted by atomic mass is 10.3. The molecule has 21 heavy (non-hydrogen) atoms. The molecule has 0 saturated carbocycles. The number of aryl methyl sites for hydroxylation is 1. The Morgan fingerprint density at radius 2 is 1.81 bits per heavy atom. The maximum Gasteiger partial charge on any atom is 0.234 e. The highest BCUT2D eigenvalue weighted by molar-refractivity contribution is 7.99. The fourth-order valence-corrected chi connectivity index (χ4v) is 2.20. The first kappa shape index (κ1) is 15.0. The molecule has 8 heteroatoms. The van der Waals surface area contributed by atoms with Gasteiger partial charge in [-0.3, -0.25) is 14.7 Å². The molecule has 0 aliphatic heterocycles. The standard InChI is InChI=1S/C13H15N5O2S/c1-8-14-13(18-17-8)21-7-12(20)16-11-5-3-10(4-6-11)15-9(2)19/h3-6H,7H2,1-2H3,(H,15,19)(H,16,20)(H,14,17,18). The van der Waals surface area contributed by atoms with E-state index in [0.717, 1.165) is 0 Å². The molecule has 1 aromatic heterocycles. The summed E-state index contributed by atoms with van der Waals surface area (Å²) in [7, 11) is 0. The molecule has 1 aromatic carbocycles. The minimum absolute atomic E-state index is 0.134. The molecule has 0 saturated heterocycles. The highest BCUT2D eigenvalue weighted by Gasteiger charge is 2.07. The van der Waals surface area contributed by atoms with Gasteiger partial charge in [0.15, 0.2) is 0 Å². The zero-order chi connectivity index (χ0) is 15.2. The molecular formula is C13H15N5O2S. The summed E-state index contributed by atoms with van der Waals surface area (Å²) >= 11 is 1.26. The molecule has 0 radical (unpaired) electrons. The van der Waals surface area contributed by atoms with E-state index in [1.54, 1.807) is 31.2 Å². The van der Waals surface area contributed by atoms with Gasteiger partial charge in [-0.25, -0.2) is 4.98 Å². The SMILES string of the molecule is CC(=O)Nc1ccc(NC(=O)CSc2n[nH]c(C)n2)cc1. The van der Waals surface area contributed by atoms with Crippen LogP contribution in [-0.2, 0) is 9.59 Å². The zero-order valence-corrected chi connectivity index (χ0v) is 12.5. The number of hydrogen-bond donors (Lipinski definition) is 3. The summed E-state index contributed by atoms with van der Waals surface area (Å²) in [6.07, 6.45) is 0. The second-order valence-electron chi connectivity index (χ2n) is 4.30. The number of carbonyl (C=O) groups excluding carboxylic acids is 2. The molecule has 0 aliphatic rings. The van der Waals surface area contributed by atoms with Crippen LogP contribution in [0.25, 0.3) is 0 Å². The number of carbonyl (C=O) groups is 2. The number of H-pyrrole nitrogens is 1. The van der Waals surface area contributed by atoms with Crippen LogP contribution in [0.1, 0.15) is 12.7 Å². The van der Waals surface area contributed by atoms with Crippen molar-refractivity contribution in [3.63, 3.8) is 0 Å². The number of amides is 2. The summed E-state index contributed by atoms with van der Waals surface area (Å²) in [4.78, 5) is 26.8. The third kappa shape index (κ3) is 4.92. The molecule has 110 valence electrons. The third-order valence-electron chi connectivity index (χ3n) is 2.40. The van der Waals surface area contributed by atoms with E-state index >= 15 is 0 Å². The average molecular weight is 305 g/mol. The average Bonchev–Trinajstić information content (AvgIpc) is 2.84. The number of aromatic nitrogens is 3. The van der Waals surface area contributed by atoms with E-state index in [2.05, 4.69) is 25.8 Å². The van der Waals surface area contributed by atoms with Gasteiger partial charge in [-0.2, -0.15) is 0 Å². The smallest absolute Gasteiger partial charge is 0.234 e. The Kier molecular flexibility index (Phi) is 4.94. The Balaban J connectivity index is 1.83. The summed E-state index contributed by atoms with van der Waals surface area (Å²) < 4.78 is 0. The fourth-order valence-electron chi connectivity index (χ4n) is 1.55. The van der Waals surface area contributed by atoms with Crippen LogP contribution in [0.3, 0.4) is 0 Å². The molecule has 0 aliphatic carbocycles. The quantitative estimate of drug-likeness (QED) is 0.731. The van der Waals surface area contributed by atoms with Crippen LogP contribution < -0.4 is 10.6 Å². The fraction of sp³-hybridized carbons (Fsp3) is 0.231. The van der Waals surface area contributed by atoms with Gasteiger partial charge in [-0.15, -0.1) is 5.10 Å². The minimum atomic E-state index is -0.144. The number of thioether (sulfide) groups is 1. The van der Waals surface area contributed by atoms with Crippen molar-refractivity contribution >= 4 is 35.0 Å². The molecular weight excluding hydrogens is 290 g/mol. The number of nitrogens with zero attached hydrogens (tertiary/aromatic N) is 2. The molecule has 2 amide bonds. The Labute approximate surface area is 125 Å². The van der Waals surface area contributed by atoms with Gasteiger partial charge in [-0.05, 0) is 31.2 Å². The molecule has 0 atom stereocenters. The number of anilines is 2. The van der Waals surface area contributed by atoms with Gasteiger partial charge in [0.25, 0.3) is 0 Å². The molecule has 3 N–H and O–H groups in total. The van der Waals surface area contributed by atoms with Crippen LogP contribution in [0.15, 0.2) is 29.4 Å². The van der Waals surface area contributed by atoms with E-state index in [1.165, 1.54) is 18.7 Å². The van der Waals surface area contributed by atoms with Crippen LogP contribution in [0, 0.1) is 6.92 Å². The first-order valence-electron chi connectivity index (χ1n) is 6.22. The lowest BCUT2D eigenvalue weighted by molar-refractivity contribution is -0.114. The van der Waals surface area contributed by atoms with E-state index in [9.17, 15) is 9.59 Å². The highest BCUT2D eigenvalue weighted by Crippen LogP contribution is 2.15. The summed E-state index contributed by atoms with van der Waals surface area (Å²) in [5, 5.41) is 12.6. The van der Waals surface area contributed by atoms with Gasteiger partial charge >= 0.3 is 0 Å². The van der Waals surface area contributed by atoms with Crippen molar-refractivity contribution in [3.8, 4) is 0 Å². The molecule has 0 bridgehead atoms. The maximum atomic E-state index is 11.8. The minimum Gasteiger partial charge on any atom is -0.326 e. The van der Waals surface area contributed by atoms with E-state index in [1.807, 2.05) is 0 Å². The lowest BCUT2D eigenvalue weighted by Crippen LogP contribution is -2.14. The van der Waals surface area contributed by atoms with Crippen molar-refractivity contribution in [2.75, 3.05) is 16.4 Å². The number of rotatable bonds is 5. The van der Waals surface area contributed by atoms with Crippen LogP contribution in [0.4, 0.5) is 11.4 Å². The van der Waals surface area contributed by atoms with E-state index < -0.39 is 0 Å². The molecule has 7 nitrogen and oxygen atoms in total. The van der Waals surface area contributed by atoms with Crippen LogP contribution in [0.5, 0.6) is 0 Å². The maximum absolute atomic E-state index is 11.8. The summed E-state index contributed by atoms with van der Waals surface area (Å²) in [6, 6.07) is 6.90.